The van der Waals surface area contributed by atoms with Crippen LogP contribution in [0.2, 0.25) is 0 Å². The molecule has 2 aliphatic rings. The van der Waals surface area contributed by atoms with Crippen molar-refractivity contribution in [3.63, 3.8) is 0 Å². The van der Waals surface area contributed by atoms with Crippen LogP contribution in [-0.2, 0) is 4.74 Å². The molecule has 1 aromatic heterocycles. The second kappa shape index (κ2) is 5.54. The fraction of sp³-hybridized carbons (Fsp3) is 0.400. The van der Waals surface area contributed by atoms with Gasteiger partial charge in [-0.15, -0.1) is 11.3 Å². The van der Waals surface area contributed by atoms with E-state index in [2.05, 4.69) is 10.3 Å². The van der Waals surface area contributed by atoms with Crippen LogP contribution in [0.3, 0.4) is 0 Å². The van der Waals surface area contributed by atoms with Gasteiger partial charge < -0.3 is 19.1 Å². The van der Waals surface area contributed by atoms with Gasteiger partial charge in [0.25, 0.3) is 0 Å². The van der Waals surface area contributed by atoms with Crippen LogP contribution < -0.4 is 14.4 Å². The van der Waals surface area contributed by atoms with Crippen LogP contribution in [0.25, 0.3) is 11.3 Å². The SMILES string of the molecule is c1cc2c(cc1-c1csc(N3CCOCC3)n1)OCCO2. The van der Waals surface area contributed by atoms with Crippen molar-refractivity contribution in [1.29, 1.82) is 0 Å². The predicted molar refractivity (Wildman–Crippen MR) is 81.6 cm³/mol. The molecule has 110 valence electrons. The van der Waals surface area contributed by atoms with Gasteiger partial charge in [-0.2, -0.15) is 0 Å². The lowest BCUT2D eigenvalue weighted by molar-refractivity contribution is 0.122. The van der Waals surface area contributed by atoms with Gasteiger partial charge in [0.15, 0.2) is 16.6 Å². The number of nitrogens with zero attached hydrogens (tertiary/aromatic N) is 2. The largest absolute Gasteiger partial charge is 0.486 e. The highest BCUT2D eigenvalue weighted by molar-refractivity contribution is 7.14. The molecule has 1 saturated heterocycles. The van der Waals surface area contributed by atoms with Gasteiger partial charge in [-0.1, -0.05) is 0 Å². The van der Waals surface area contributed by atoms with E-state index in [1.165, 1.54) is 0 Å². The van der Waals surface area contributed by atoms with Gasteiger partial charge in [-0.05, 0) is 18.2 Å². The van der Waals surface area contributed by atoms with Crippen molar-refractivity contribution >= 4 is 16.5 Å². The van der Waals surface area contributed by atoms with Gasteiger partial charge in [0.2, 0.25) is 0 Å². The molecule has 0 atom stereocenters. The number of benzene rings is 1. The first-order chi connectivity index (χ1) is 10.4. The Morgan fingerprint density at radius 1 is 1.00 bits per heavy atom. The molecule has 21 heavy (non-hydrogen) atoms. The minimum Gasteiger partial charge on any atom is -0.486 e. The van der Waals surface area contributed by atoms with E-state index in [4.69, 9.17) is 19.2 Å². The number of rotatable bonds is 2. The van der Waals surface area contributed by atoms with E-state index in [-0.39, 0.29) is 0 Å². The van der Waals surface area contributed by atoms with Crippen molar-refractivity contribution in [2.24, 2.45) is 0 Å². The molecule has 1 fully saturated rings. The van der Waals surface area contributed by atoms with E-state index < -0.39 is 0 Å². The maximum absolute atomic E-state index is 5.63. The number of morpholine rings is 1. The van der Waals surface area contributed by atoms with E-state index in [1.54, 1.807) is 11.3 Å². The van der Waals surface area contributed by atoms with E-state index in [0.717, 1.165) is 54.2 Å². The molecule has 0 saturated carbocycles. The lowest BCUT2D eigenvalue weighted by Gasteiger charge is -2.26. The van der Waals surface area contributed by atoms with Gasteiger partial charge in [-0.3, -0.25) is 0 Å². The highest BCUT2D eigenvalue weighted by atomic mass is 32.1. The maximum Gasteiger partial charge on any atom is 0.186 e. The lowest BCUT2D eigenvalue weighted by atomic mass is 10.1. The summed E-state index contributed by atoms with van der Waals surface area (Å²) in [6.45, 7) is 4.59. The molecule has 2 aromatic rings. The molecule has 6 heteroatoms. The summed E-state index contributed by atoms with van der Waals surface area (Å²) in [5, 5.41) is 3.15. The van der Waals surface area contributed by atoms with Crippen molar-refractivity contribution in [3.05, 3.63) is 23.6 Å². The Morgan fingerprint density at radius 2 is 1.81 bits per heavy atom. The van der Waals surface area contributed by atoms with Crippen LogP contribution in [0, 0.1) is 0 Å². The molecule has 4 rings (SSSR count). The molecular formula is C15H16N2O3S. The summed E-state index contributed by atoms with van der Waals surface area (Å²) in [5.74, 6) is 1.62. The molecule has 0 amide bonds. The molecule has 0 radical (unpaired) electrons. The van der Waals surface area contributed by atoms with Crippen LogP contribution in [0.4, 0.5) is 5.13 Å². The molecule has 0 bridgehead atoms. The second-order valence-corrected chi connectivity index (χ2v) is 5.81. The summed E-state index contributed by atoms with van der Waals surface area (Å²) in [6, 6.07) is 6.00. The van der Waals surface area contributed by atoms with Gasteiger partial charge >= 0.3 is 0 Å². The Bertz CT molecular complexity index is 638. The number of anilines is 1. The number of aromatic nitrogens is 1. The Hall–Kier alpha value is -1.79. The molecule has 0 spiro atoms. The Morgan fingerprint density at radius 3 is 2.67 bits per heavy atom. The Labute approximate surface area is 127 Å². The summed E-state index contributed by atoms with van der Waals surface area (Å²) < 4.78 is 16.6. The quantitative estimate of drug-likeness (QED) is 0.852. The third kappa shape index (κ3) is 2.56. The molecule has 2 aliphatic heterocycles. The summed E-state index contributed by atoms with van der Waals surface area (Å²) in [4.78, 5) is 7.02. The molecule has 0 N–H and O–H groups in total. The topological polar surface area (TPSA) is 43.8 Å². The number of fused-ring (bicyclic) bond motifs is 1. The zero-order chi connectivity index (χ0) is 14.1. The second-order valence-electron chi connectivity index (χ2n) is 4.97. The Kier molecular flexibility index (Phi) is 3.40. The molecular weight excluding hydrogens is 288 g/mol. The third-order valence-corrected chi connectivity index (χ3v) is 4.51. The standard InChI is InChI=1S/C15H16N2O3S/c1-2-13-14(20-8-7-19-13)9-11(1)12-10-21-15(16-12)17-3-5-18-6-4-17/h1-2,9-10H,3-8H2. The fourth-order valence-corrected chi connectivity index (χ4v) is 3.39. The van der Waals surface area contributed by atoms with Gasteiger partial charge in [0.1, 0.15) is 13.2 Å². The summed E-state index contributed by atoms with van der Waals surface area (Å²) >= 11 is 1.68. The smallest absolute Gasteiger partial charge is 0.186 e. The van der Waals surface area contributed by atoms with Crippen LogP contribution in [-0.4, -0.2) is 44.5 Å². The van der Waals surface area contributed by atoms with Crippen LogP contribution in [0.15, 0.2) is 23.6 Å². The Balaban J connectivity index is 1.60. The molecule has 3 heterocycles. The van der Waals surface area contributed by atoms with Gasteiger partial charge in [0, 0.05) is 24.0 Å². The van der Waals surface area contributed by atoms with E-state index in [9.17, 15) is 0 Å². The molecule has 5 nitrogen and oxygen atoms in total. The zero-order valence-corrected chi connectivity index (χ0v) is 12.4. The molecule has 0 aliphatic carbocycles. The average Bonchev–Trinajstić information content (AvgIpc) is 3.05. The van der Waals surface area contributed by atoms with Gasteiger partial charge in [0.05, 0.1) is 18.9 Å². The number of hydrogen-bond acceptors (Lipinski definition) is 6. The van der Waals surface area contributed by atoms with Crippen molar-refractivity contribution in [2.75, 3.05) is 44.4 Å². The minimum absolute atomic E-state index is 0.604. The first-order valence-corrected chi connectivity index (χ1v) is 7.96. The highest BCUT2D eigenvalue weighted by Crippen LogP contribution is 2.35. The monoisotopic (exact) mass is 304 g/mol. The van der Waals surface area contributed by atoms with Crippen molar-refractivity contribution in [2.45, 2.75) is 0 Å². The average molecular weight is 304 g/mol. The molecule has 1 aromatic carbocycles. The van der Waals surface area contributed by atoms with Crippen molar-refractivity contribution in [1.82, 2.24) is 4.98 Å². The van der Waals surface area contributed by atoms with Crippen LogP contribution in [0.5, 0.6) is 11.5 Å². The van der Waals surface area contributed by atoms with Gasteiger partial charge in [-0.25, -0.2) is 4.98 Å². The summed E-state index contributed by atoms with van der Waals surface area (Å²) in [7, 11) is 0. The van der Waals surface area contributed by atoms with E-state index >= 15 is 0 Å². The van der Waals surface area contributed by atoms with E-state index in [0.29, 0.717) is 13.2 Å². The normalized spacial score (nSPS) is 17.8. The maximum atomic E-state index is 5.63. The molecule has 0 unspecified atom stereocenters. The predicted octanol–water partition coefficient (Wildman–Crippen LogP) is 2.42. The zero-order valence-electron chi connectivity index (χ0n) is 11.6. The first kappa shape index (κ1) is 12.9. The fourth-order valence-electron chi connectivity index (χ4n) is 2.50. The highest BCUT2D eigenvalue weighted by Gasteiger charge is 2.17. The van der Waals surface area contributed by atoms with Crippen molar-refractivity contribution < 1.29 is 14.2 Å². The third-order valence-electron chi connectivity index (χ3n) is 3.61. The lowest BCUT2D eigenvalue weighted by Crippen LogP contribution is -2.36. The van der Waals surface area contributed by atoms with E-state index in [1.807, 2.05) is 18.2 Å². The number of hydrogen-bond donors (Lipinski definition) is 0. The number of ether oxygens (including phenoxy) is 3. The minimum atomic E-state index is 0.604. The number of thiazole rings is 1. The first-order valence-electron chi connectivity index (χ1n) is 7.08. The van der Waals surface area contributed by atoms with Crippen molar-refractivity contribution in [3.8, 4) is 22.8 Å². The van der Waals surface area contributed by atoms with Crippen LogP contribution in [0.1, 0.15) is 0 Å². The summed E-state index contributed by atoms with van der Waals surface area (Å²) in [5.41, 5.74) is 2.05. The van der Waals surface area contributed by atoms with Crippen LogP contribution >= 0.6 is 11.3 Å². The summed E-state index contributed by atoms with van der Waals surface area (Å²) in [6.07, 6.45) is 0.